The van der Waals surface area contributed by atoms with Crippen molar-refractivity contribution in [1.82, 2.24) is 19.5 Å². The van der Waals surface area contributed by atoms with Crippen LogP contribution >= 0.6 is 0 Å². The van der Waals surface area contributed by atoms with E-state index < -0.39 is 16.9 Å². The number of pyridine rings is 1. The van der Waals surface area contributed by atoms with Crippen molar-refractivity contribution in [3.05, 3.63) is 36.9 Å². The Morgan fingerprint density at radius 1 is 1.30 bits per heavy atom. The molecular formula is C12H10N4O3S. The van der Waals surface area contributed by atoms with Gasteiger partial charge in [0.25, 0.3) is 5.91 Å². The molecule has 0 spiro atoms. The first-order chi connectivity index (χ1) is 9.67. The first-order valence-electron chi connectivity index (χ1n) is 5.66. The van der Waals surface area contributed by atoms with Crippen molar-refractivity contribution in [2.24, 2.45) is 0 Å². The zero-order valence-electron chi connectivity index (χ0n) is 10.4. The molecule has 1 atom stereocenters. The molecular weight excluding hydrogens is 280 g/mol. The van der Waals surface area contributed by atoms with E-state index in [0.29, 0.717) is 10.8 Å². The second-order valence-corrected chi connectivity index (χ2v) is 5.16. The van der Waals surface area contributed by atoms with E-state index >= 15 is 0 Å². The molecule has 2 aromatic heterocycles. The van der Waals surface area contributed by atoms with E-state index in [1.807, 2.05) is 6.07 Å². The van der Waals surface area contributed by atoms with E-state index in [0.717, 1.165) is 11.1 Å². The van der Waals surface area contributed by atoms with Crippen molar-refractivity contribution in [3.8, 4) is 16.9 Å². The normalized spacial score (nSPS) is 17.8. The van der Waals surface area contributed by atoms with Crippen molar-refractivity contribution < 1.29 is 13.7 Å². The first kappa shape index (κ1) is 12.5. The van der Waals surface area contributed by atoms with Gasteiger partial charge in [-0.05, 0) is 6.07 Å². The van der Waals surface area contributed by atoms with Crippen LogP contribution in [0.15, 0.2) is 36.9 Å². The summed E-state index contributed by atoms with van der Waals surface area (Å²) in [6.45, 7) is 0. The molecule has 1 amide bonds. The van der Waals surface area contributed by atoms with E-state index in [1.165, 1.54) is 10.8 Å². The van der Waals surface area contributed by atoms with Crippen LogP contribution < -0.4 is 9.46 Å². The maximum absolute atomic E-state index is 11.6. The molecule has 102 valence electrons. The Kier molecular flexibility index (Phi) is 3.07. The number of carbonyl (C=O) groups is 1. The van der Waals surface area contributed by atoms with Crippen LogP contribution in [0.3, 0.4) is 0 Å². The quantitative estimate of drug-likeness (QED) is 0.892. The minimum atomic E-state index is -1.57. The summed E-state index contributed by atoms with van der Waals surface area (Å²) in [5.74, 6) is 0.245. The Morgan fingerprint density at radius 2 is 2.15 bits per heavy atom. The van der Waals surface area contributed by atoms with E-state index in [9.17, 15) is 9.00 Å². The van der Waals surface area contributed by atoms with Gasteiger partial charge < -0.3 is 4.74 Å². The third-order valence-corrected chi connectivity index (χ3v) is 3.80. The van der Waals surface area contributed by atoms with Gasteiger partial charge in [-0.25, -0.2) is 8.89 Å². The molecule has 1 aliphatic rings. The number of carbonyl (C=O) groups excluding carboxylic acids is 1. The minimum Gasteiger partial charge on any atom is -0.495 e. The van der Waals surface area contributed by atoms with Crippen molar-refractivity contribution in [3.63, 3.8) is 0 Å². The second kappa shape index (κ2) is 4.89. The summed E-state index contributed by atoms with van der Waals surface area (Å²) < 4.78 is 20.4. The highest BCUT2D eigenvalue weighted by molar-refractivity contribution is 7.93. The third-order valence-electron chi connectivity index (χ3n) is 2.73. The molecule has 0 saturated carbocycles. The number of nitrogens with one attached hydrogen (secondary N) is 1. The lowest BCUT2D eigenvalue weighted by molar-refractivity contribution is -0.114. The van der Waals surface area contributed by atoms with Gasteiger partial charge in [-0.3, -0.25) is 14.5 Å². The lowest BCUT2D eigenvalue weighted by Gasteiger charge is -2.01. The summed E-state index contributed by atoms with van der Waals surface area (Å²) >= 11 is 0. The van der Waals surface area contributed by atoms with Gasteiger partial charge in [0.05, 0.1) is 19.5 Å². The lowest BCUT2D eigenvalue weighted by Crippen LogP contribution is -2.17. The molecule has 8 heteroatoms. The molecule has 0 bridgehead atoms. The Bertz CT molecular complexity index is 738. The summed E-state index contributed by atoms with van der Waals surface area (Å²) in [4.78, 5) is 15.2. The molecule has 1 N–H and O–H groups in total. The van der Waals surface area contributed by atoms with E-state index in [1.54, 1.807) is 31.9 Å². The molecule has 20 heavy (non-hydrogen) atoms. The smallest absolute Gasteiger partial charge is 0.258 e. The van der Waals surface area contributed by atoms with Crippen LogP contribution in [0.2, 0.25) is 0 Å². The molecule has 1 aliphatic heterocycles. The molecule has 0 aromatic carbocycles. The first-order valence-corrected chi connectivity index (χ1v) is 6.81. The topological polar surface area (TPSA) is 86.1 Å². The van der Waals surface area contributed by atoms with Crippen LogP contribution in [0, 0.1) is 0 Å². The van der Waals surface area contributed by atoms with Crippen LogP contribution in [-0.4, -0.2) is 32.0 Å². The Balaban J connectivity index is 1.96. The lowest BCUT2D eigenvalue weighted by atomic mass is 10.2. The zero-order valence-corrected chi connectivity index (χ0v) is 11.3. The maximum Gasteiger partial charge on any atom is 0.258 e. The van der Waals surface area contributed by atoms with Gasteiger partial charge in [0.1, 0.15) is 5.75 Å². The molecule has 0 fully saturated rings. The monoisotopic (exact) mass is 290 g/mol. The van der Waals surface area contributed by atoms with Crippen molar-refractivity contribution in [2.75, 3.05) is 7.11 Å². The molecule has 0 aliphatic carbocycles. The van der Waals surface area contributed by atoms with E-state index in [-0.39, 0.29) is 0 Å². The van der Waals surface area contributed by atoms with Crippen molar-refractivity contribution in [1.29, 1.82) is 0 Å². The number of aromatic nitrogens is 3. The number of nitrogens with zero attached hydrogens (tertiary/aromatic N) is 3. The largest absolute Gasteiger partial charge is 0.495 e. The van der Waals surface area contributed by atoms with Crippen molar-refractivity contribution >= 4 is 21.9 Å². The molecule has 0 radical (unpaired) electrons. The molecule has 1 unspecified atom stereocenters. The van der Waals surface area contributed by atoms with E-state index in [4.69, 9.17) is 4.74 Å². The van der Waals surface area contributed by atoms with Crippen LogP contribution in [-0.2, 0) is 15.8 Å². The zero-order chi connectivity index (χ0) is 14.1. The Hall–Kier alpha value is -2.48. The predicted octanol–water partition coefficient (Wildman–Crippen LogP) is 0.546. The molecule has 7 nitrogen and oxygen atoms in total. The summed E-state index contributed by atoms with van der Waals surface area (Å²) in [6, 6.07) is 1.82. The van der Waals surface area contributed by atoms with Gasteiger partial charge in [-0.1, -0.05) is 0 Å². The Morgan fingerprint density at radius 3 is 2.85 bits per heavy atom. The minimum absolute atomic E-state index is 0.303. The fourth-order valence-electron chi connectivity index (χ4n) is 1.77. The summed E-state index contributed by atoms with van der Waals surface area (Å²) in [5.41, 5.74) is 1.60. The SMILES string of the molecule is COc1cncc(-c2cnn(C3=CC(=O)NS3=O)c2)c1. The number of amides is 1. The fraction of sp³-hybridized carbons (Fsp3) is 0.0833. The fourth-order valence-corrected chi connectivity index (χ4v) is 2.60. The van der Waals surface area contributed by atoms with Crippen molar-refractivity contribution in [2.45, 2.75) is 0 Å². The number of rotatable bonds is 3. The molecule has 0 saturated heterocycles. The van der Waals surface area contributed by atoms with Gasteiger partial charge in [-0.2, -0.15) is 5.10 Å². The number of ether oxygens (including phenoxy) is 1. The standard InChI is InChI=1S/C12H10N4O3S/c1-19-10-2-8(4-13-6-10)9-5-14-16(7-9)12-3-11(17)15-20(12)18/h2-7H,1H3,(H,15,17). The average molecular weight is 290 g/mol. The molecule has 3 heterocycles. The second-order valence-electron chi connectivity index (χ2n) is 4.00. The van der Waals surface area contributed by atoms with Crippen LogP contribution in [0.1, 0.15) is 0 Å². The van der Waals surface area contributed by atoms with Gasteiger partial charge in [-0.15, -0.1) is 0 Å². The average Bonchev–Trinajstić information content (AvgIpc) is 3.05. The third kappa shape index (κ3) is 2.21. The van der Waals surface area contributed by atoms with Crippen LogP contribution in [0.4, 0.5) is 0 Å². The highest BCUT2D eigenvalue weighted by Gasteiger charge is 2.22. The maximum atomic E-state index is 11.6. The van der Waals surface area contributed by atoms with Gasteiger partial charge in [0, 0.05) is 29.6 Å². The summed E-state index contributed by atoms with van der Waals surface area (Å²) in [6.07, 6.45) is 7.83. The van der Waals surface area contributed by atoms with Gasteiger partial charge in [0.15, 0.2) is 16.0 Å². The number of hydrogen-bond donors (Lipinski definition) is 1. The molecule has 2 aromatic rings. The van der Waals surface area contributed by atoms with Crippen LogP contribution in [0.5, 0.6) is 5.75 Å². The molecule has 3 rings (SSSR count). The summed E-state index contributed by atoms with van der Waals surface area (Å²) in [5, 5.41) is 4.41. The summed E-state index contributed by atoms with van der Waals surface area (Å²) in [7, 11) is -0.00556. The number of methoxy groups -OCH3 is 1. The van der Waals surface area contributed by atoms with Gasteiger partial charge in [0.2, 0.25) is 0 Å². The Labute approximate surface area is 116 Å². The van der Waals surface area contributed by atoms with Crippen LogP contribution in [0.25, 0.3) is 16.2 Å². The number of hydrogen-bond acceptors (Lipinski definition) is 5. The van der Waals surface area contributed by atoms with E-state index in [2.05, 4.69) is 14.8 Å². The predicted molar refractivity (Wildman–Crippen MR) is 72.6 cm³/mol. The highest BCUT2D eigenvalue weighted by atomic mass is 32.2. The van der Waals surface area contributed by atoms with Gasteiger partial charge >= 0.3 is 0 Å². The highest BCUT2D eigenvalue weighted by Crippen LogP contribution is 2.23.